The van der Waals surface area contributed by atoms with Crippen molar-refractivity contribution in [1.29, 1.82) is 0 Å². The van der Waals surface area contributed by atoms with Crippen LogP contribution in [0.4, 0.5) is 5.69 Å². The summed E-state index contributed by atoms with van der Waals surface area (Å²) in [4.78, 5) is 10.1. The molecule has 0 amide bonds. The Balaban J connectivity index is 3.43. The first-order valence-electron chi connectivity index (χ1n) is 6.53. The van der Waals surface area contributed by atoms with Gasteiger partial charge in [-0.3, -0.25) is 10.1 Å². The lowest BCUT2D eigenvalue weighted by atomic mass is 9.90. The summed E-state index contributed by atoms with van der Waals surface area (Å²) in [5, 5.41) is 11.1. The van der Waals surface area contributed by atoms with Crippen molar-refractivity contribution in [3.63, 3.8) is 0 Å². The van der Waals surface area contributed by atoms with Gasteiger partial charge in [-0.05, 0) is 25.3 Å². The quantitative estimate of drug-likeness (QED) is 0.610. The minimum Gasteiger partial charge on any atom is -0.329 e. The largest absolute Gasteiger partial charge is 0.329 e. The number of benzene rings is 1. The molecule has 8 heteroatoms. The van der Waals surface area contributed by atoms with Gasteiger partial charge in [-0.15, -0.1) is 0 Å². The highest BCUT2D eigenvalue weighted by Gasteiger charge is 2.36. The first-order valence-corrected chi connectivity index (χ1v) is 8.01. The van der Waals surface area contributed by atoms with Gasteiger partial charge in [0.1, 0.15) is 0 Å². The Morgan fingerprint density at radius 3 is 2.43 bits per heavy atom. The maximum absolute atomic E-state index is 12.6. The van der Waals surface area contributed by atoms with Crippen molar-refractivity contribution in [3.05, 3.63) is 33.9 Å². The van der Waals surface area contributed by atoms with Crippen LogP contribution in [-0.4, -0.2) is 25.4 Å². The molecule has 7 nitrogen and oxygen atoms in total. The van der Waals surface area contributed by atoms with E-state index in [1.807, 2.05) is 13.8 Å². The van der Waals surface area contributed by atoms with Gasteiger partial charge in [0, 0.05) is 18.2 Å². The van der Waals surface area contributed by atoms with Crippen LogP contribution in [0, 0.1) is 23.0 Å². The average molecular weight is 315 g/mol. The first kappa shape index (κ1) is 17.5. The predicted octanol–water partition coefficient (Wildman–Crippen LogP) is 1.55. The van der Waals surface area contributed by atoms with E-state index >= 15 is 0 Å². The summed E-state index contributed by atoms with van der Waals surface area (Å²) in [7, 11) is -4.05. The van der Waals surface area contributed by atoms with Gasteiger partial charge in [0.25, 0.3) is 5.69 Å². The number of nitro groups is 1. The molecule has 3 N–H and O–H groups in total. The van der Waals surface area contributed by atoms with Gasteiger partial charge in [-0.2, -0.15) is 0 Å². The van der Waals surface area contributed by atoms with E-state index in [0.717, 1.165) is 0 Å². The van der Waals surface area contributed by atoms with Crippen molar-refractivity contribution in [3.8, 4) is 0 Å². The summed E-state index contributed by atoms with van der Waals surface area (Å²) in [6.07, 6.45) is 0. The fourth-order valence-electron chi connectivity index (χ4n) is 1.88. The number of aryl methyl sites for hydroxylation is 1. The second-order valence-electron chi connectivity index (χ2n) is 5.56. The molecule has 1 atom stereocenters. The minimum absolute atomic E-state index is 0.0691. The maximum Gasteiger partial charge on any atom is 0.289 e. The second-order valence-corrected chi connectivity index (χ2v) is 7.18. The van der Waals surface area contributed by atoms with Gasteiger partial charge in [0.2, 0.25) is 10.0 Å². The number of nitrogens with one attached hydrogen (secondary N) is 1. The van der Waals surface area contributed by atoms with Crippen LogP contribution < -0.4 is 10.5 Å². The molecule has 21 heavy (non-hydrogen) atoms. The van der Waals surface area contributed by atoms with Crippen LogP contribution >= 0.6 is 0 Å². The van der Waals surface area contributed by atoms with Crippen molar-refractivity contribution in [2.45, 2.75) is 38.1 Å². The topological polar surface area (TPSA) is 115 Å². The zero-order chi connectivity index (χ0) is 16.4. The molecule has 0 aliphatic heterocycles. The molecule has 0 spiro atoms. The molecule has 0 aromatic heterocycles. The maximum atomic E-state index is 12.6. The molecule has 1 rings (SSSR count). The van der Waals surface area contributed by atoms with E-state index in [2.05, 4.69) is 4.72 Å². The Kier molecular flexibility index (Phi) is 5.08. The molecule has 1 aromatic carbocycles. The molecule has 0 radical (unpaired) electrons. The Bertz CT molecular complexity index is 643. The lowest BCUT2D eigenvalue weighted by molar-refractivity contribution is -0.387. The lowest BCUT2D eigenvalue weighted by Crippen LogP contribution is -2.54. The average Bonchev–Trinajstić information content (AvgIpc) is 2.37. The van der Waals surface area contributed by atoms with Gasteiger partial charge >= 0.3 is 0 Å². The minimum atomic E-state index is -4.05. The van der Waals surface area contributed by atoms with E-state index in [1.54, 1.807) is 6.92 Å². The van der Waals surface area contributed by atoms with Crippen molar-refractivity contribution < 1.29 is 13.3 Å². The SMILES string of the molecule is Cc1cccc([N+](=O)[O-])c1S(=O)(=O)NC(C)(CN)C(C)C. The standard InChI is InChI=1S/C13H21N3O4S/c1-9(2)13(4,8-14)15-21(19,20)12-10(3)6-5-7-11(12)16(17)18/h5-7,9,15H,8,14H2,1-4H3. The molecule has 0 aliphatic carbocycles. The zero-order valence-electron chi connectivity index (χ0n) is 12.6. The van der Waals surface area contributed by atoms with Crippen LogP contribution in [0.15, 0.2) is 23.1 Å². The number of hydrogen-bond acceptors (Lipinski definition) is 5. The molecule has 0 bridgehead atoms. The molecule has 0 fully saturated rings. The molecule has 0 aliphatic rings. The number of hydrogen-bond donors (Lipinski definition) is 2. The van der Waals surface area contributed by atoms with Gasteiger partial charge in [-0.25, -0.2) is 13.1 Å². The van der Waals surface area contributed by atoms with E-state index in [1.165, 1.54) is 25.1 Å². The van der Waals surface area contributed by atoms with E-state index in [4.69, 9.17) is 5.73 Å². The summed E-state index contributed by atoms with van der Waals surface area (Å²) in [6, 6.07) is 4.16. The van der Waals surface area contributed by atoms with Crippen molar-refractivity contribution >= 4 is 15.7 Å². The highest BCUT2D eigenvalue weighted by Crippen LogP contribution is 2.29. The smallest absolute Gasteiger partial charge is 0.289 e. The molecule has 1 unspecified atom stereocenters. The van der Waals surface area contributed by atoms with Crippen LogP contribution in [0.1, 0.15) is 26.3 Å². The van der Waals surface area contributed by atoms with Crippen LogP contribution in [0.3, 0.4) is 0 Å². The summed E-state index contributed by atoms with van der Waals surface area (Å²) >= 11 is 0. The van der Waals surface area contributed by atoms with Gasteiger partial charge < -0.3 is 5.73 Å². The summed E-state index contributed by atoms with van der Waals surface area (Å²) in [5.74, 6) is -0.0691. The second kappa shape index (κ2) is 6.08. The van der Waals surface area contributed by atoms with Crippen LogP contribution in [0.2, 0.25) is 0 Å². The number of rotatable bonds is 6. The first-order chi connectivity index (χ1) is 9.55. The Morgan fingerprint density at radius 1 is 1.43 bits per heavy atom. The van der Waals surface area contributed by atoms with Gasteiger partial charge in [0.05, 0.1) is 4.92 Å². The molecule has 118 valence electrons. The van der Waals surface area contributed by atoms with Crippen molar-refractivity contribution in [2.24, 2.45) is 11.7 Å². The number of nitrogens with zero attached hydrogens (tertiary/aromatic N) is 1. The molecule has 0 heterocycles. The van der Waals surface area contributed by atoms with E-state index in [9.17, 15) is 18.5 Å². The lowest BCUT2D eigenvalue weighted by Gasteiger charge is -2.33. The van der Waals surface area contributed by atoms with E-state index < -0.39 is 26.2 Å². The third-order valence-corrected chi connectivity index (χ3v) is 5.53. The highest BCUT2D eigenvalue weighted by molar-refractivity contribution is 7.89. The molecular formula is C13H21N3O4S. The number of nitro benzene ring substituents is 1. The Hall–Kier alpha value is -1.51. The Morgan fingerprint density at radius 2 is 2.00 bits per heavy atom. The summed E-state index contributed by atoms with van der Waals surface area (Å²) in [5.41, 5.74) is 4.67. The molecule has 0 saturated carbocycles. The molecular weight excluding hydrogens is 294 g/mol. The third-order valence-electron chi connectivity index (χ3n) is 3.72. The van der Waals surface area contributed by atoms with Crippen LogP contribution in [0.25, 0.3) is 0 Å². The zero-order valence-corrected chi connectivity index (χ0v) is 13.4. The van der Waals surface area contributed by atoms with Gasteiger partial charge in [0.15, 0.2) is 4.90 Å². The van der Waals surface area contributed by atoms with E-state index in [-0.39, 0.29) is 17.4 Å². The predicted molar refractivity (Wildman–Crippen MR) is 80.5 cm³/mol. The number of sulfonamides is 1. The third kappa shape index (κ3) is 3.58. The summed E-state index contributed by atoms with van der Waals surface area (Å²) in [6.45, 7) is 6.96. The van der Waals surface area contributed by atoms with Crippen molar-refractivity contribution in [2.75, 3.05) is 6.54 Å². The van der Waals surface area contributed by atoms with Crippen molar-refractivity contribution in [1.82, 2.24) is 4.72 Å². The Labute approximate surface area is 124 Å². The summed E-state index contributed by atoms with van der Waals surface area (Å²) < 4.78 is 27.7. The fraction of sp³-hybridized carbons (Fsp3) is 0.538. The number of nitrogens with two attached hydrogens (primary N) is 1. The highest BCUT2D eigenvalue weighted by atomic mass is 32.2. The van der Waals surface area contributed by atoms with Crippen LogP contribution in [0.5, 0.6) is 0 Å². The fourth-order valence-corrected chi connectivity index (χ4v) is 3.83. The monoisotopic (exact) mass is 315 g/mol. The van der Waals surface area contributed by atoms with Crippen LogP contribution in [-0.2, 0) is 10.0 Å². The molecule has 0 saturated heterocycles. The van der Waals surface area contributed by atoms with E-state index in [0.29, 0.717) is 5.56 Å². The van der Waals surface area contributed by atoms with Gasteiger partial charge in [-0.1, -0.05) is 26.0 Å². The molecule has 1 aromatic rings. The normalized spacial score (nSPS) is 15.0.